The van der Waals surface area contributed by atoms with Gasteiger partial charge in [0.25, 0.3) is 0 Å². The summed E-state index contributed by atoms with van der Waals surface area (Å²) < 4.78 is 10.9. The van der Waals surface area contributed by atoms with E-state index in [1.165, 1.54) is 16.7 Å². The third-order valence-corrected chi connectivity index (χ3v) is 6.81. The molecule has 0 aliphatic carbocycles. The Labute approximate surface area is 211 Å². The second-order valence-electron chi connectivity index (χ2n) is 9.47. The number of fused-ring (bicyclic) bond motifs is 1. The van der Waals surface area contributed by atoms with Crippen molar-refractivity contribution in [1.82, 2.24) is 0 Å². The van der Waals surface area contributed by atoms with Gasteiger partial charge in [-0.1, -0.05) is 42.5 Å². The Balaban J connectivity index is 1.96. The largest absolute Gasteiger partial charge is 0.466 e. The van der Waals surface area contributed by atoms with Gasteiger partial charge in [-0.05, 0) is 58.2 Å². The fraction of sp³-hybridized carbons (Fsp3) is 0.444. The van der Waals surface area contributed by atoms with Crippen LogP contribution in [0.15, 0.2) is 59.5 Å². The molecule has 3 atom stereocenters. The number of anilines is 1. The topological polar surface area (TPSA) is 98.9 Å². The molecule has 1 unspecified atom stereocenters. The van der Waals surface area contributed by atoms with Crippen LogP contribution in [-0.4, -0.2) is 42.0 Å². The van der Waals surface area contributed by atoms with E-state index in [1.54, 1.807) is 39.8 Å². The molecule has 0 spiro atoms. The SMILES string of the molecule is CCOC(=O)[C@@H](CCc1ccccc1)[C@@H]1C(=O)N(CC(=O)OC(C)(C)C)c2ccccc2SC1N. The first kappa shape index (κ1) is 26.8. The number of nitrogens with zero attached hydrogens (tertiary/aromatic N) is 1. The van der Waals surface area contributed by atoms with Crippen LogP contribution in [0.25, 0.3) is 0 Å². The highest BCUT2D eigenvalue weighted by Gasteiger charge is 2.44. The molecule has 1 aliphatic rings. The average Bonchev–Trinajstić information content (AvgIpc) is 2.89. The van der Waals surface area contributed by atoms with Crippen molar-refractivity contribution in [2.24, 2.45) is 17.6 Å². The zero-order valence-electron chi connectivity index (χ0n) is 20.7. The number of amides is 1. The van der Waals surface area contributed by atoms with E-state index < -0.39 is 34.7 Å². The number of hydrogen-bond acceptors (Lipinski definition) is 7. The van der Waals surface area contributed by atoms with Crippen LogP contribution in [0.5, 0.6) is 0 Å². The first-order chi connectivity index (χ1) is 16.6. The number of ether oxygens (including phenoxy) is 2. The maximum Gasteiger partial charge on any atom is 0.326 e. The van der Waals surface area contributed by atoms with E-state index >= 15 is 0 Å². The normalized spacial score (nSPS) is 18.9. The average molecular weight is 499 g/mol. The Kier molecular flexibility index (Phi) is 8.97. The number of thioether (sulfide) groups is 1. The predicted octanol–water partition coefficient (Wildman–Crippen LogP) is 4.18. The molecule has 1 amide bonds. The third-order valence-electron chi connectivity index (χ3n) is 5.64. The molecule has 0 saturated heterocycles. The molecule has 35 heavy (non-hydrogen) atoms. The molecule has 2 aromatic carbocycles. The van der Waals surface area contributed by atoms with Crippen LogP contribution in [0.2, 0.25) is 0 Å². The summed E-state index contributed by atoms with van der Waals surface area (Å²) in [5.41, 5.74) is 7.51. The van der Waals surface area contributed by atoms with Crippen LogP contribution < -0.4 is 10.6 Å². The number of nitrogens with two attached hydrogens (primary N) is 1. The third kappa shape index (κ3) is 7.08. The van der Waals surface area contributed by atoms with Crippen LogP contribution in [0, 0.1) is 11.8 Å². The van der Waals surface area contributed by atoms with Gasteiger partial charge in [0.15, 0.2) is 0 Å². The van der Waals surface area contributed by atoms with Crippen molar-refractivity contribution in [2.45, 2.75) is 56.4 Å². The zero-order valence-corrected chi connectivity index (χ0v) is 21.5. The fourth-order valence-corrected chi connectivity index (χ4v) is 5.37. The van der Waals surface area contributed by atoms with Gasteiger partial charge in [-0.25, -0.2) is 0 Å². The molecule has 3 rings (SSSR count). The summed E-state index contributed by atoms with van der Waals surface area (Å²) in [5.74, 6) is -3.01. The first-order valence-electron chi connectivity index (χ1n) is 11.9. The van der Waals surface area contributed by atoms with Crippen LogP contribution in [0.3, 0.4) is 0 Å². The molecular formula is C27H34N2O5S. The van der Waals surface area contributed by atoms with Gasteiger partial charge in [-0.3, -0.25) is 19.3 Å². The van der Waals surface area contributed by atoms with E-state index in [0.717, 1.165) is 10.5 Å². The van der Waals surface area contributed by atoms with Crippen molar-refractivity contribution < 1.29 is 23.9 Å². The number of rotatable bonds is 8. The predicted molar refractivity (Wildman–Crippen MR) is 137 cm³/mol. The number of para-hydroxylation sites is 1. The molecule has 0 fully saturated rings. The number of carbonyl (C=O) groups excluding carboxylic acids is 3. The van der Waals surface area contributed by atoms with E-state index in [0.29, 0.717) is 18.5 Å². The molecule has 2 N–H and O–H groups in total. The lowest BCUT2D eigenvalue weighted by molar-refractivity contribution is -0.154. The van der Waals surface area contributed by atoms with Crippen molar-refractivity contribution in [2.75, 3.05) is 18.1 Å². The Morgan fingerprint density at radius 3 is 2.40 bits per heavy atom. The van der Waals surface area contributed by atoms with Gasteiger partial charge in [-0.2, -0.15) is 0 Å². The van der Waals surface area contributed by atoms with Gasteiger partial charge >= 0.3 is 11.9 Å². The van der Waals surface area contributed by atoms with Crippen molar-refractivity contribution in [3.63, 3.8) is 0 Å². The van der Waals surface area contributed by atoms with E-state index in [9.17, 15) is 14.4 Å². The molecule has 0 aromatic heterocycles. The van der Waals surface area contributed by atoms with Crippen molar-refractivity contribution in [3.8, 4) is 0 Å². The van der Waals surface area contributed by atoms with Crippen LogP contribution >= 0.6 is 11.8 Å². The van der Waals surface area contributed by atoms with Gasteiger partial charge in [0.2, 0.25) is 5.91 Å². The lowest BCUT2D eigenvalue weighted by atomic mass is 9.85. The minimum Gasteiger partial charge on any atom is -0.466 e. The molecule has 188 valence electrons. The number of aryl methyl sites for hydroxylation is 1. The van der Waals surface area contributed by atoms with E-state index in [2.05, 4.69) is 0 Å². The van der Waals surface area contributed by atoms with Crippen molar-refractivity contribution in [1.29, 1.82) is 0 Å². The number of carbonyl (C=O) groups is 3. The maximum absolute atomic E-state index is 14.0. The summed E-state index contributed by atoms with van der Waals surface area (Å²) in [6.45, 7) is 6.99. The number of hydrogen-bond donors (Lipinski definition) is 1. The summed E-state index contributed by atoms with van der Waals surface area (Å²) in [7, 11) is 0. The minimum atomic E-state index is -0.877. The molecule has 0 radical (unpaired) electrons. The summed E-state index contributed by atoms with van der Waals surface area (Å²) >= 11 is 1.33. The van der Waals surface area contributed by atoms with Gasteiger partial charge < -0.3 is 15.2 Å². The lowest BCUT2D eigenvalue weighted by Crippen LogP contribution is -2.49. The van der Waals surface area contributed by atoms with Crippen molar-refractivity contribution in [3.05, 3.63) is 60.2 Å². The maximum atomic E-state index is 14.0. The summed E-state index contributed by atoms with van der Waals surface area (Å²) in [6, 6.07) is 17.1. The van der Waals surface area contributed by atoms with E-state index in [4.69, 9.17) is 15.2 Å². The second-order valence-corrected chi connectivity index (χ2v) is 10.7. The smallest absolute Gasteiger partial charge is 0.326 e. The van der Waals surface area contributed by atoms with Gasteiger partial charge in [0, 0.05) is 4.90 Å². The van der Waals surface area contributed by atoms with Gasteiger partial charge in [0.1, 0.15) is 12.1 Å². The Hall–Kier alpha value is -2.84. The lowest BCUT2D eigenvalue weighted by Gasteiger charge is -2.31. The highest BCUT2D eigenvalue weighted by molar-refractivity contribution is 8.00. The highest BCUT2D eigenvalue weighted by atomic mass is 32.2. The summed E-state index contributed by atoms with van der Waals surface area (Å²) in [5, 5.41) is -0.697. The van der Waals surface area contributed by atoms with Crippen molar-refractivity contribution >= 4 is 35.3 Å². The Morgan fingerprint density at radius 1 is 1.09 bits per heavy atom. The molecule has 2 aromatic rings. The van der Waals surface area contributed by atoms with Crippen LogP contribution in [0.4, 0.5) is 5.69 Å². The molecule has 1 heterocycles. The zero-order chi connectivity index (χ0) is 25.6. The monoisotopic (exact) mass is 498 g/mol. The molecular weight excluding hydrogens is 464 g/mol. The molecule has 0 bridgehead atoms. The fourth-order valence-electron chi connectivity index (χ4n) is 4.17. The van der Waals surface area contributed by atoms with Gasteiger partial charge in [-0.15, -0.1) is 11.8 Å². The molecule has 8 heteroatoms. The molecule has 0 saturated carbocycles. The quantitative estimate of drug-likeness (QED) is 0.545. The summed E-state index contributed by atoms with van der Waals surface area (Å²) in [4.78, 5) is 42.0. The van der Waals surface area contributed by atoms with E-state index in [-0.39, 0.29) is 19.1 Å². The Morgan fingerprint density at radius 2 is 1.74 bits per heavy atom. The first-order valence-corrected chi connectivity index (χ1v) is 12.7. The Bertz CT molecular complexity index is 1040. The summed E-state index contributed by atoms with van der Waals surface area (Å²) in [6.07, 6.45) is 0.981. The van der Waals surface area contributed by atoms with E-state index in [1.807, 2.05) is 42.5 Å². The second kappa shape index (κ2) is 11.7. The molecule has 7 nitrogen and oxygen atoms in total. The minimum absolute atomic E-state index is 0.200. The number of esters is 2. The van der Waals surface area contributed by atoms with Crippen LogP contribution in [-0.2, 0) is 30.3 Å². The molecule has 1 aliphatic heterocycles. The van der Waals surface area contributed by atoms with Gasteiger partial charge in [0.05, 0.1) is 29.5 Å². The number of benzene rings is 2. The standard InChI is InChI=1S/C27H34N2O5S/c1-5-33-26(32)19(16-15-18-11-7-6-8-12-18)23-24(28)35-21-14-10-9-13-20(21)29(25(23)31)17-22(30)34-27(2,3)4/h6-14,19,23-24H,5,15-17,28H2,1-4H3/t19-,23-,24?/m0/s1. The van der Waals surface area contributed by atoms with Crippen LogP contribution in [0.1, 0.15) is 39.7 Å². The highest BCUT2D eigenvalue weighted by Crippen LogP contribution is 2.41.